The monoisotopic (exact) mass is 937 g/mol. The van der Waals surface area contributed by atoms with Crippen molar-refractivity contribution in [2.24, 2.45) is 0 Å². The summed E-state index contributed by atoms with van der Waals surface area (Å²) < 4.78 is 14.5. The van der Waals surface area contributed by atoms with Gasteiger partial charge < -0.3 is 23.9 Å². The summed E-state index contributed by atoms with van der Waals surface area (Å²) in [5.41, 5.74) is 21.9. The zero-order valence-electron chi connectivity index (χ0n) is 43.1. The first-order valence-electron chi connectivity index (χ1n) is 25.3. The Morgan fingerprint density at radius 3 is 1.53 bits per heavy atom. The molecular weight excluding hydrogens is 878 g/mol. The van der Waals surface area contributed by atoms with Crippen molar-refractivity contribution in [1.29, 1.82) is 0 Å². The van der Waals surface area contributed by atoms with E-state index in [4.69, 9.17) is 9.15 Å². The second kappa shape index (κ2) is 16.8. The van der Waals surface area contributed by atoms with Crippen LogP contribution >= 0.6 is 0 Å². The van der Waals surface area contributed by atoms with Crippen molar-refractivity contribution in [3.63, 3.8) is 0 Å². The Balaban J connectivity index is 1.11. The van der Waals surface area contributed by atoms with Crippen LogP contribution in [0.1, 0.15) is 74.9 Å². The number of ether oxygens (including phenoxy) is 1. The lowest BCUT2D eigenvalue weighted by molar-refractivity contribution is 0.483. The van der Waals surface area contributed by atoms with Crippen LogP contribution in [0.5, 0.6) is 11.5 Å². The Morgan fingerprint density at radius 2 is 0.958 bits per heavy atom. The quantitative estimate of drug-likeness (QED) is 0.149. The summed E-state index contributed by atoms with van der Waals surface area (Å²) in [6, 6.07) is 67.0. The van der Waals surface area contributed by atoms with Crippen LogP contribution in [0.4, 0.5) is 51.2 Å². The normalized spacial score (nSPS) is 12.9. The van der Waals surface area contributed by atoms with E-state index in [0.29, 0.717) is 0 Å². The molecule has 0 saturated heterocycles. The second-order valence-corrected chi connectivity index (χ2v) is 22.2. The van der Waals surface area contributed by atoms with Gasteiger partial charge in [0.1, 0.15) is 17.1 Å². The molecule has 2 aliphatic heterocycles. The highest BCUT2D eigenvalue weighted by Crippen LogP contribution is 2.51. The van der Waals surface area contributed by atoms with Crippen molar-refractivity contribution < 1.29 is 9.15 Å². The third kappa shape index (κ3) is 7.63. The number of aryl methyl sites for hydroxylation is 4. The van der Waals surface area contributed by atoms with Gasteiger partial charge in [0.15, 0.2) is 5.58 Å². The molecule has 72 heavy (non-hydrogen) atoms. The molecule has 0 atom stereocenters. The SMILES string of the molecule is Cc1ccc(N(c2ccc(C)cc2)c2ccc3c(c2)Oc2cc(C(C)(C)C)cc4c2B3c2cc(C(C)(C)C)ccc2N4c2ccc(N(c3ccc(C)cc3)c3ccc(C)cc3)c3oc4ccccc4c23)cc1. The van der Waals surface area contributed by atoms with Crippen LogP contribution in [0, 0.1) is 27.7 Å². The van der Waals surface area contributed by atoms with Gasteiger partial charge in [-0.1, -0.05) is 149 Å². The van der Waals surface area contributed by atoms with E-state index >= 15 is 0 Å². The third-order valence-electron chi connectivity index (χ3n) is 14.9. The van der Waals surface area contributed by atoms with E-state index in [0.717, 1.165) is 90.1 Å². The topological polar surface area (TPSA) is 32.1 Å². The van der Waals surface area contributed by atoms with E-state index in [1.165, 1.54) is 44.3 Å². The summed E-state index contributed by atoms with van der Waals surface area (Å²) in [6.45, 7) is 22.3. The van der Waals surface area contributed by atoms with Crippen LogP contribution < -0.4 is 35.8 Å². The van der Waals surface area contributed by atoms with Gasteiger partial charge in [-0.05, 0) is 157 Å². The van der Waals surface area contributed by atoms with E-state index in [1.54, 1.807) is 0 Å². The first-order valence-corrected chi connectivity index (χ1v) is 25.3. The van der Waals surface area contributed by atoms with Crippen molar-refractivity contribution in [2.45, 2.75) is 80.1 Å². The lowest BCUT2D eigenvalue weighted by Gasteiger charge is -2.42. The minimum atomic E-state index is -0.188. The zero-order chi connectivity index (χ0) is 49.8. The highest BCUT2D eigenvalue weighted by atomic mass is 16.5. The fourth-order valence-corrected chi connectivity index (χ4v) is 10.8. The van der Waals surface area contributed by atoms with Crippen LogP contribution in [0.15, 0.2) is 186 Å². The zero-order valence-corrected chi connectivity index (χ0v) is 43.1. The molecule has 0 amide bonds. The van der Waals surface area contributed by atoms with E-state index in [-0.39, 0.29) is 17.5 Å². The minimum absolute atomic E-state index is 0.0927. The largest absolute Gasteiger partial charge is 0.458 e. The molecule has 1 aromatic heterocycles. The highest BCUT2D eigenvalue weighted by molar-refractivity contribution is 6.99. The molecule has 0 saturated carbocycles. The lowest BCUT2D eigenvalue weighted by Crippen LogP contribution is -2.59. The van der Waals surface area contributed by atoms with Crippen LogP contribution in [-0.2, 0) is 10.8 Å². The number of hydrogen-bond donors (Lipinski definition) is 0. The molecule has 0 spiro atoms. The molecule has 0 radical (unpaired) electrons. The van der Waals surface area contributed by atoms with Gasteiger partial charge in [0.05, 0.1) is 16.8 Å². The van der Waals surface area contributed by atoms with Gasteiger partial charge >= 0.3 is 0 Å². The number of fused-ring (bicyclic) bond motifs is 7. The van der Waals surface area contributed by atoms with Gasteiger partial charge in [0.2, 0.25) is 0 Å². The first kappa shape index (κ1) is 45.2. The molecule has 6 heteroatoms. The molecule has 10 aromatic rings. The van der Waals surface area contributed by atoms with Gasteiger partial charge in [0, 0.05) is 51.3 Å². The highest BCUT2D eigenvalue weighted by Gasteiger charge is 2.44. The number of hydrogen-bond acceptors (Lipinski definition) is 5. The number of furan rings is 1. The van der Waals surface area contributed by atoms with Gasteiger partial charge in [0.25, 0.3) is 6.71 Å². The Labute approximate surface area is 425 Å². The van der Waals surface area contributed by atoms with Gasteiger partial charge in [-0.2, -0.15) is 0 Å². The molecular formula is C66H60BN3O2. The van der Waals surface area contributed by atoms with Crippen LogP contribution in [0.3, 0.4) is 0 Å². The Kier molecular flexibility index (Phi) is 10.6. The second-order valence-electron chi connectivity index (χ2n) is 22.2. The molecule has 354 valence electrons. The number of nitrogens with zero attached hydrogens (tertiary/aromatic N) is 3. The molecule has 0 bridgehead atoms. The number of para-hydroxylation sites is 1. The van der Waals surface area contributed by atoms with E-state index in [9.17, 15) is 0 Å². The van der Waals surface area contributed by atoms with Crippen LogP contribution in [0.2, 0.25) is 0 Å². The van der Waals surface area contributed by atoms with Gasteiger partial charge in [-0.3, -0.25) is 0 Å². The van der Waals surface area contributed by atoms with E-state index in [2.05, 4.69) is 266 Å². The summed E-state index contributed by atoms with van der Waals surface area (Å²) in [5, 5.41) is 2.12. The molecule has 12 rings (SSSR count). The maximum absolute atomic E-state index is 7.39. The maximum Gasteiger partial charge on any atom is 0.256 e. The molecule has 0 unspecified atom stereocenters. The summed E-state index contributed by atoms with van der Waals surface area (Å²) in [7, 11) is 0. The third-order valence-corrected chi connectivity index (χ3v) is 14.9. The predicted octanol–water partition coefficient (Wildman–Crippen LogP) is 16.8. The van der Waals surface area contributed by atoms with Gasteiger partial charge in [-0.25, -0.2) is 0 Å². The number of anilines is 9. The Bertz CT molecular complexity index is 3640. The molecule has 0 N–H and O–H groups in total. The average Bonchev–Trinajstić information content (AvgIpc) is 3.76. The van der Waals surface area contributed by atoms with Crippen molar-refractivity contribution in [2.75, 3.05) is 14.7 Å². The lowest BCUT2D eigenvalue weighted by atomic mass is 9.34. The smallest absolute Gasteiger partial charge is 0.256 e. The maximum atomic E-state index is 7.39. The van der Waals surface area contributed by atoms with E-state index < -0.39 is 0 Å². The fourth-order valence-electron chi connectivity index (χ4n) is 10.8. The standard InChI is InChI=1S/C66H60BN3O2/c1-41-15-24-47(25-16-41)68(48-26-17-42(2)18-27-48)51-32-33-53-60(40-51)71-61-39-46(66(8,9)10)38-58-63(61)67(53)54-37-45(65(5,6)7)23-34-55(54)70(58)56-35-36-57(64-62(56)52-13-11-12-14-59(52)72-64)69(49-28-19-43(3)20-29-49)50-30-21-44(4)22-31-50/h11-40H,1-10H3. The Hall–Kier alpha value is -7.96. The fraction of sp³-hybridized carbons (Fsp3) is 0.182. The summed E-state index contributed by atoms with van der Waals surface area (Å²) in [4.78, 5) is 7.19. The van der Waals surface area contributed by atoms with Gasteiger partial charge in [-0.15, -0.1) is 0 Å². The molecule has 9 aromatic carbocycles. The van der Waals surface area contributed by atoms with Crippen molar-refractivity contribution in [1.82, 2.24) is 0 Å². The number of benzene rings is 9. The Morgan fingerprint density at radius 1 is 0.431 bits per heavy atom. The molecule has 0 aliphatic carbocycles. The van der Waals surface area contributed by atoms with Crippen LogP contribution in [-0.4, -0.2) is 6.71 Å². The predicted molar refractivity (Wildman–Crippen MR) is 305 cm³/mol. The molecule has 5 nitrogen and oxygen atoms in total. The molecule has 0 fully saturated rings. The molecule has 3 heterocycles. The minimum Gasteiger partial charge on any atom is -0.458 e. The first-order chi connectivity index (χ1) is 34.6. The molecule has 2 aliphatic rings. The van der Waals surface area contributed by atoms with Crippen molar-refractivity contribution >= 4 is 96.2 Å². The summed E-state index contributed by atoms with van der Waals surface area (Å²) in [5.74, 6) is 1.75. The summed E-state index contributed by atoms with van der Waals surface area (Å²) in [6.07, 6.45) is 0. The van der Waals surface area contributed by atoms with Crippen molar-refractivity contribution in [3.8, 4) is 11.5 Å². The number of rotatable bonds is 7. The average molecular weight is 938 g/mol. The van der Waals surface area contributed by atoms with Crippen LogP contribution in [0.25, 0.3) is 21.9 Å². The van der Waals surface area contributed by atoms with E-state index in [1.807, 2.05) is 0 Å². The summed E-state index contributed by atoms with van der Waals surface area (Å²) >= 11 is 0. The van der Waals surface area contributed by atoms with Crippen molar-refractivity contribution in [3.05, 3.63) is 215 Å².